The third-order valence-electron chi connectivity index (χ3n) is 2.29. The minimum absolute atomic E-state index is 0.616. The maximum absolute atomic E-state index is 5.68. The van der Waals surface area contributed by atoms with Crippen molar-refractivity contribution in [1.29, 1.82) is 0 Å². The Labute approximate surface area is 104 Å². The zero-order valence-electron chi connectivity index (χ0n) is 8.90. The second-order valence-electron chi connectivity index (χ2n) is 3.56. The summed E-state index contributed by atoms with van der Waals surface area (Å²) in [4.78, 5) is 0. The molecule has 0 spiro atoms. The molecule has 0 fully saturated rings. The molecule has 0 aromatic heterocycles. The Morgan fingerprint density at radius 2 is 1.62 bits per heavy atom. The molecule has 2 rings (SSSR count). The van der Waals surface area contributed by atoms with Crippen LogP contribution in [0.15, 0.2) is 54.6 Å². The molecule has 0 saturated heterocycles. The van der Waals surface area contributed by atoms with Crippen LogP contribution < -0.4 is 4.74 Å². The Balaban J connectivity index is 1.99. The van der Waals surface area contributed by atoms with Crippen LogP contribution in [0.5, 0.6) is 5.75 Å². The number of alkyl halides is 1. The van der Waals surface area contributed by atoms with Gasteiger partial charge in [-0.1, -0.05) is 58.4 Å². The number of hydrogen-bond acceptors (Lipinski definition) is 1. The largest absolute Gasteiger partial charge is 0.489 e. The highest BCUT2D eigenvalue weighted by Gasteiger charge is 1.96. The number of hydrogen-bond donors (Lipinski definition) is 0. The van der Waals surface area contributed by atoms with E-state index in [1.807, 2.05) is 30.3 Å². The van der Waals surface area contributed by atoms with Gasteiger partial charge in [0, 0.05) is 5.33 Å². The van der Waals surface area contributed by atoms with E-state index in [9.17, 15) is 0 Å². The molecule has 0 bridgehead atoms. The number of ether oxygens (including phenoxy) is 1. The Bertz CT molecular complexity index is 439. The van der Waals surface area contributed by atoms with Crippen LogP contribution in [0, 0.1) is 0 Å². The van der Waals surface area contributed by atoms with Crippen LogP contribution in [-0.2, 0) is 11.9 Å². The molecule has 2 aromatic carbocycles. The third kappa shape index (κ3) is 3.11. The molecule has 82 valence electrons. The molecular weight excluding hydrogens is 264 g/mol. The van der Waals surface area contributed by atoms with E-state index in [1.54, 1.807) is 0 Å². The molecule has 0 amide bonds. The molecule has 2 heteroatoms. The van der Waals surface area contributed by atoms with E-state index in [-0.39, 0.29) is 0 Å². The predicted octanol–water partition coefficient (Wildman–Crippen LogP) is 4.16. The average molecular weight is 277 g/mol. The summed E-state index contributed by atoms with van der Waals surface area (Å²) in [7, 11) is 0. The summed E-state index contributed by atoms with van der Waals surface area (Å²) in [6.07, 6.45) is 0. The van der Waals surface area contributed by atoms with Gasteiger partial charge in [0.05, 0.1) is 0 Å². The van der Waals surface area contributed by atoms with Gasteiger partial charge in [0.2, 0.25) is 0 Å². The van der Waals surface area contributed by atoms with Gasteiger partial charge in [-0.2, -0.15) is 0 Å². The molecule has 0 aliphatic carbocycles. The zero-order valence-corrected chi connectivity index (χ0v) is 10.5. The quantitative estimate of drug-likeness (QED) is 0.762. The third-order valence-corrected chi connectivity index (χ3v) is 2.94. The summed E-state index contributed by atoms with van der Waals surface area (Å²) < 4.78 is 5.68. The maximum atomic E-state index is 5.68. The lowest BCUT2D eigenvalue weighted by Crippen LogP contribution is -1.95. The number of benzene rings is 2. The molecule has 0 aliphatic rings. The van der Waals surface area contributed by atoms with Crippen LogP contribution in [0.4, 0.5) is 0 Å². The van der Waals surface area contributed by atoms with Gasteiger partial charge in [-0.15, -0.1) is 0 Å². The van der Waals surface area contributed by atoms with Crippen molar-refractivity contribution in [2.75, 3.05) is 0 Å². The number of halogens is 1. The Morgan fingerprint density at radius 1 is 0.875 bits per heavy atom. The first kappa shape index (κ1) is 11.2. The minimum Gasteiger partial charge on any atom is -0.489 e. The molecule has 0 radical (unpaired) electrons. The molecule has 0 unspecified atom stereocenters. The second-order valence-corrected chi connectivity index (χ2v) is 4.12. The molecular formula is C14H13BrO. The monoisotopic (exact) mass is 276 g/mol. The van der Waals surface area contributed by atoms with Gasteiger partial charge in [0.1, 0.15) is 12.4 Å². The Morgan fingerprint density at radius 3 is 2.38 bits per heavy atom. The van der Waals surface area contributed by atoms with Gasteiger partial charge >= 0.3 is 0 Å². The van der Waals surface area contributed by atoms with Crippen LogP contribution in [0.1, 0.15) is 11.1 Å². The fourth-order valence-corrected chi connectivity index (χ4v) is 1.83. The van der Waals surface area contributed by atoms with E-state index in [0.717, 1.165) is 11.1 Å². The van der Waals surface area contributed by atoms with Crippen LogP contribution in [0.2, 0.25) is 0 Å². The molecule has 0 heterocycles. The van der Waals surface area contributed by atoms with Crippen molar-refractivity contribution < 1.29 is 4.74 Å². The van der Waals surface area contributed by atoms with Crippen molar-refractivity contribution >= 4 is 15.9 Å². The summed E-state index contributed by atoms with van der Waals surface area (Å²) >= 11 is 3.45. The first-order chi connectivity index (χ1) is 7.88. The van der Waals surface area contributed by atoms with Crippen molar-refractivity contribution in [3.63, 3.8) is 0 Å². The van der Waals surface area contributed by atoms with Crippen molar-refractivity contribution in [2.45, 2.75) is 11.9 Å². The van der Waals surface area contributed by atoms with Crippen molar-refractivity contribution in [3.8, 4) is 5.75 Å². The number of para-hydroxylation sites is 1. The first-order valence-corrected chi connectivity index (χ1v) is 6.32. The smallest absolute Gasteiger partial charge is 0.119 e. The summed E-state index contributed by atoms with van der Waals surface area (Å²) in [5, 5.41) is 0.881. The van der Waals surface area contributed by atoms with Gasteiger partial charge in [0.15, 0.2) is 0 Å². The van der Waals surface area contributed by atoms with Crippen LogP contribution in [-0.4, -0.2) is 0 Å². The topological polar surface area (TPSA) is 9.23 Å². The van der Waals surface area contributed by atoms with Gasteiger partial charge in [0.25, 0.3) is 0 Å². The van der Waals surface area contributed by atoms with Gasteiger partial charge in [-0.05, 0) is 23.3 Å². The maximum Gasteiger partial charge on any atom is 0.119 e. The lowest BCUT2D eigenvalue weighted by molar-refractivity contribution is 0.306. The second kappa shape index (κ2) is 5.71. The van der Waals surface area contributed by atoms with Gasteiger partial charge in [-0.25, -0.2) is 0 Å². The van der Waals surface area contributed by atoms with E-state index in [4.69, 9.17) is 4.74 Å². The summed E-state index contributed by atoms with van der Waals surface area (Å²) in [5.41, 5.74) is 2.47. The standard InChI is InChI=1S/C14H13BrO/c15-10-12-5-4-6-13(9-12)11-16-14-7-2-1-3-8-14/h1-9H,10-11H2. The Hall–Kier alpha value is -1.28. The highest BCUT2D eigenvalue weighted by molar-refractivity contribution is 9.08. The molecule has 1 nitrogen and oxygen atoms in total. The Kier molecular flexibility index (Phi) is 4.00. The minimum atomic E-state index is 0.616. The normalized spacial score (nSPS) is 10.1. The van der Waals surface area contributed by atoms with E-state index < -0.39 is 0 Å². The molecule has 0 N–H and O–H groups in total. The fraction of sp³-hybridized carbons (Fsp3) is 0.143. The van der Waals surface area contributed by atoms with Crippen LogP contribution in [0.25, 0.3) is 0 Å². The van der Waals surface area contributed by atoms with Crippen LogP contribution >= 0.6 is 15.9 Å². The first-order valence-electron chi connectivity index (χ1n) is 5.20. The highest BCUT2D eigenvalue weighted by atomic mass is 79.9. The van der Waals surface area contributed by atoms with Gasteiger partial charge in [-0.3, -0.25) is 0 Å². The molecule has 0 saturated carbocycles. The number of rotatable bonds is 4. The van der Waals surface area contributed by atoms with Crippen molar-refractivity contribution in [2.24, 2.45) is 0 Å². The molecule has 0 atom stereocenters. The van der Waals surface area contributed by atoms with E-state index in [1.165, 1.54) is 11.1 Å². The zero-order chi connectivity index (χ0) is 11.2. The van der Waals surface area contributed by atoms with E-state index >= 15 is 0 Å². The fourth-order valence-electron chi connectivity index (χ4n) is 1.49. The lowest BCUT2D eigenvalue weighted by Gasteiger charge is -2.06. The summed E-state index contributed by atoms with van der Waals surface area (Å²) in [6, 6.07) is 18.3. The van der Waals surface area contributed by atoms with Gasteiger partial charge < -0.3 is 4.74 Å². The molecule has 2 aromatic rings. The van der Waals surface area contributed by atoms with E-state index in [0.29, 0.717) is 6.61 Å². The molecule has 16 heavy (non-hydrogen) atoms. The SMILES string of the molecule is BrCc1cccc(COc2ccccc2)c1. The average Bonchev–Trinajstić information content (AvgIpc) is 2.38. The van der Waals surface area contributed by atoms with Crippen molar-refractivity contribution in [1.82, 2.24) is 0 Å². The van der Waals surface area contributed by atoms with Crippen LogP contribution in [0.3, 0.4) is 0 Å². The molecule has 0 aliphatic heterocycles. The predicted molar refractivity (Wildman–Crippen MR) is 69.8 cm³/mol. The summed E-state index contributed by atoms with van der Waals surface area (Å²) in [5.74, 6) is 0.909. The van der Waals surface area contributed by atoms with Crippen molar-refractivity contribution in [3.05, 3.63) is 65.7 Å². The lowest BCUT2D eigenvalue weighted by atomic mass is 10.1. The van der Waals surface area contributed by atoms with E-state index in [2.05, 4.69) is 40.2 Å². The highest BCUT2D eigenvalue weighted by Crippen LogP contribution is 2.13. The summed E-state index contributed by atoms with van der Waals surface area (Å²) in [6.45, 7) is 0.616.